The van der Waals surface area contributed by atoms with E-state index in [0.717, 1.165) is 32.1 Å². The lowest BCUT2D eigenvalue weighted by atomic mass is 9.63. The summed E-state index contributed by atoms with van der Waals surface area (Å²) in [6, 6.07) is 6.71. The predicted molar refractivity (Wildman–Crippen MR) is 138 cm³/mol. The third kappa shape index (κ3) is 5.15. The molecule has 2 aliphatic rings. The minimum atomic E-state index is -4.63. The molecule has 1 N–H and O–H groups in total. The number of rotatable bonds is 6. The summed E-state index contributed by atoms with van der Waals surface area (Å²) in [7, 11) is -1.86. The maximum Gasteiger partial charge on any atom is 0.419 e. The van der Waals surface area contributed by atoms with Crippen LogP contribution in [0.4, 0.5) is 24.8 Å². The number of piperidine rings is 1. The summed E-state index contributed by atoms with van der Waals surface area (Å²) in [6.07, 6.45) is 2.30. The summed E-state index contributed by atoms with van der Waals surface area (Å²) in [4.78, 5) is 10.6. The summed E-state index contributed by atoms with van der Waals surface area (Å²) in [5, 5.41) is 6.43. The van der Waals surface area contributed by atoms with Crippen LogP contribution in [0.3, 0.4) is 0 Å². The van der Waals surface area contributed by atoms with Crippen LogP contribution >= 0.6 is 0 Å². The molecular weight excluding hydrogens is 517 g/mol. The van der Waals surface area contributed by atoms with E-state index in [1.54, 1.807) is 19.2 Å². The van der Waals surface area contributed by atoms with Crippen LogP contribution in [0.5, 0.6) is 0 Å². The van der Waals surface area contributed by atoms with Gasteiger partial charge in [0, 0.05) is 36.7 Å². The highest BCUT2D eigenvalue weighted by Crippen LogP contribution is 2.52. The molecule has 8 nitrogen and oxygen atoms in total. The number of nitrogens with zero attached hydrogens (tertiary/aromatic N) is 5. The summed E-state index contributed by atoms with van der Waals surface area (Å²) in [5.74, 6) is -0.0406. The van der Waals surface area contributed by atoms with Crippen molar-refractivity contribution < 1.29 is 21.6 Å². The Bertz CT molecular complexity index is 1400. The lowest BCUT2D eigenvalue weighted by molar-refractivity contribution is -0.137. The van der Waals surface area contributed by atoms with Gasteiger partial charge in [0.15, 0.2) is 9.84 Å². The van der Waals surface area contributed by atoms with Gasteiger partial charge in [0.2, 0.25) is 5.95 Å². The van der Waals surface area contributed by atoms with Crippen molar-refractivity contribution in [1.29, 1.82) is 0 Å². The van der Waals surface area contributed by atoms with Gasteiger partial charge in [-0.25, -0.2) is 18.4 Å². The van der Waals surface area contributed by atoms with Crippen LogP contribution in [0.2, 0.25) is 0 Å². The number of alkyl halides is 3. The second-order valence-corrected chi connectivity index (χ2v) is 12.9. The van der Waals surface area contributed by atoms with Crippen molar-refractivity contribution in [2.24, 2.45) is 12.5 Å². The van der Waals surface area contributed by atoms with E-state index in [4.69, 9.17) is 0 Å². The lowest BCUT2D eigenvalue weighted by Crippen LogP contribution is -2.52. The number of sulfone groups is 1. The van der Waals surface area contributed by atoms with Gasteiger partial charge < -0.3 is 10.2 Å². The maximum atomic E-state index is 13.5. The minimum Gasteiger partial charge on any atom is -0.324 e. The van der Waals surface area contributed by atoms with Gasteiger partial charge in [0.1, 0.15) is 5.56 Å². The first kappa shape index (κ1) is 26.6. The average molecular weight is 549 g/mol. The fourth-order valence-electron chi connectivity index (χ4n) is 5.51. The van der Waals surface area contributed by atoms with E-state index in [1.165, 1.54) is 29.2 Å². The second kappa shape index (κ2) is 9.64. The number of aryl methyl sites for hydroxylation is 1. The van der Waals surface area contributed by atoms with Crippen LogP contribution < -0.4 is 5.32 Å². The number of halogens is 3. The van der Waals surface area contributed by atoms with Gasteiger partial charge >= 0.3 is 6.18 Å². The van der Waals surface area contributed by atoms with E-state index in [9.17, 15) is 21.6 Å². The van der Waals surface area contributed by atoms with Crippen LogP contribution in [0, 0.1) is 5.41 Å². The van der Waals surface area contributed by atoms with Gasteiger partial charge in [0.25, 0.3) is 0 Å². The van der Waals surface area contributed by atoms with Crippen molar-refractivity contribution >= 4 is 21.5 Å². The molecule has 204 valence electrons. The van der Waals surface area contributed by atoms with E-state index in [0.29, 0.717) is 24.6 Å². The van der Waals surface area contributed by atoms with E-state index < -0.39 is 21.6 Å². The minimum absolute atomic E-state index is 0.0406. The predicted octanol–water partition coefficient (Wildman–Crippen LogP) is 5.07. The highest BCUT2D eigenvalue weighted by molar-refractivity contribution is 7.92. The Hall–Kier alpha value is -2.99. The van der Waals surface area contributed by atoms with Crippen LogP contribution in [-0.4, -0.2) is 57.4 Å². The number of anilines is 2. The van der Waals surface area contributed by atoms with Gasteiger partial charge in [-0.05, 0) is 82.3 Å². The molecule has 1 saturated carbocycles. The highest BCUT2D eigenvalue weighted by Gasteiger charge is 2.51. The third-order valence-electron chi connectivity index (χ3n) is 7.86. The molecule has 0 unspecified atom stereocenters. The average Bonchev–Trinajstić information content (AvgIpc) is 3.28. The van der Waals surface area contributed by atoms with Crippen LogP contribution in [0.1, 0.15) is 45.1 Å². The van der Waals surface area contributed by atoms with Crippen LogP contribution in [0.25, 0.3) is 11.3 Å². The second-order valence-electron chi connectivity index (χ2n) is 10.7. The molecule has 1 aliphatic heterocycles. The molecular formula is C26H31F3N6O2S. The zero-order valence-corrected chi connectivity index (χ0v) is 22.3. The fourth-order valence-corrected chi connectivity index (χ4v) is 7.56. The summed E-state index contributed by atoms with van der Waals surface area (Å²) < 4.78 is 68.5. The Morgan fingerprint density at radius 3 is 2.29 bits per heavy atom. The Kier molecular flexibility index (Phi) is 6.75. The number of likely N-dealkylation sites (tertiary alicyclic amines) is 1. The number of benzene rings is 1. The zero-order valence-electron chi connectivity index (χ0n) is 21.5. The molecule has 12 heteroatoms. The SMILES string of the molecule is CC(C)N1CCC2(CC1)CC(S(=O)(=O)c1ccc(Nc3ncc(C(F)(F)F)c(-c4cnn(C)c4)n3)cc1)C2. The van der Waals surface area contributed by atoms with E-state index in [-0.39, 0.29) is 32.8 Å². The highest BCUT2D eigenvalue weighted by atomic mass is 32.2. The van der Waals surface area contributed by atoms with Crippen molar-refractivity contribution in [3.05, 3.63) is 48.4 Å². The molecule has 2 fully saturated rings. The Labute approximate surface area is 220 Å². The van der Waals surface area contributed by atoms with Gasteiger partial charge in [-0.1, -0.05) is 0 Å². The molecule has 5 rings (SSSR count). The summed E-state index contributed by atoms with van der Waals surface area (Å²) in [6.45, 7) is 6.40. The quantitative estimate of drug-likeness (QED) is 0.460. The molecule has 1 saturated heterocycles. The molecule has 1 aromatic carbocycles. The number of nitrogens with one attached hydrogen (secondary N) is 1. The van der Waals surface area contributed by atoms with E-state index in [2.05, 4.69) is 39.1 Å². The molecule has 38 heavy (non-hydrogen) atoms. The van der Waals surface area contributed by atoms with Gasteiger partial charge in [-0.2, -0.15) is 18.3 Å². The normalized spacial score (nSPS) is 18.6. The molecule has 0 atom stereocenters. The molecule has 0 bridgehead atoms. The maximum absolute atomic E-state index is 13.5. The van der Waals surface area contributed by atoms with Crippen molar-refractivity contribution in [2.45, 2.75) is 61.9 Å². The molecule has 1 aliphatic carbocycles. The van der Waals surface area contributed by atoms with E-state index in [1.807, 2.05) is 0 Å². The molecule has 3 aromatic rings. The Morgan fingerprint density at radius 1 is 1.08 bits per heavy atom. The first-order valence-corrected chi connectivity index (χ1v) is 14.2. The van der Waals surface area contributed by atoms with Crippen LogP contribution in [-0.2, 0) is 23.1 Å². The molecule has 0 amide bonds. The monoisotopic (exact) mass is 548 g/mol. The van der Waals surface area contributed by atoms with Gasteiger partial charge in [0.05, 0.1) is 22.0 Å². The summed E-state index contributed by atoms with van der Waals surface area (Å²) in [5.41, 5.74) is -0.450. The fraction of sp³-hybridized carbons (Fsp3) is 0.500. The smallest absolute Gasteiger partial charge is 0.324 e. The summed E-state index contributed by atoms with van der Waals surface area (Å²) >= 11 is 0. The van der Waals surface area contributed by atoms with Crippen molar-refractivity contribution in [1.82, 2.24) is 24.6 Å². The van der Waals surface area contributed by atoms with Crippen molar-refractivity contribution in [2.75, 3.05) is 18.4 Å². The Morgan fingerprint density at radius 2 is 1.74 bits per heavy atom. The van der Waals surface area contributed by atoms with Gasteiger partial charge in [-0.15, -0.1) is 0 Å². The van der Waals surface area contributed by atoms with Crippen molar-refractivity contribution in [3.63, 3.8) is 0 Å². The standard InChI is InChI=1S/C26H31F3N6O2S/c1-17(2)35-10-8-25(9-11-35)12-21(13-25)38(36,37)20-6-4-19(5-7-20)32-24-30-15-22(26(27,28)29)23(33-24)18-14-31-34(3)16-18/h4-7,14-17,21H,8-13H2,1-3H3,(H,30,32,33). The first-order valence-electron chi connectivity index (χ1n) is 12.6. The van der Waals surface area contributed by atoms with E-state index >= 15 is 0 Å². The molecule has 0 radical (unpaired) electrons. The topological polar surface area (TPSA) is 93.0 Å². The Balaban J connectivity index is 1.28. The third-order valence-corrected chi connectivity index (χ3v) is 10.0. The largest absolute Gasteiger partial charge is 0.419 e. The molecule has 2 aromatic heterocycles. The number of hydrogen-bond acceptors (Lipinski definition) is 7. The lowest BCUT2D eigenvalue weighted by Gasteiger charge is -2.52. The number of aromatic nitrogens is 4. The number of hydrogen-bond donors (Lipinski definition) is 1. The zero-order chi connectivity index (χ0) is 27.3. The van der Waals surface area contributed by atoms with Crippen molar-refractivity contribution in [3.8, 4) is 11.3 Å². The first-order chi connectivity index (χ1) is 17.9. The van der Waals surface area contributed by atoms with Gasteiger partial charge in [-0.3, -0.25) is 4.68 Å². The van der Waals surface area contributed by atoms with Crippen LogP contribution in [0.15, 0.2) is 47.8 Å². The molecule has 1 spiro atoms. The molecule has 3 heterocycles.